The summed E-state index contributed by atoms with van der Waals surface area (Å²) in [6.07, 6.45) is 6.56. The molecule has 0 aliphatic carbocycles. The molecule has 2 saturated heterocycles. The normalized spacial score (nSPS) is 33.6. The molecule has 3 rings (SSSR count). The molecule has 3 atom stereocenters. The van der Waals surface area contributed by atoms with E-state index in [1.165, 1.54) is 37.7 Å². The fraction of sp³-hybridized carbons (Fsp3) is 0.600. The number of nitrogens with two attached hydrogens (primary N) is 1. The minimum Gasteiger partial charge on any atom is -0.326 e. The number of nitrogens with zero attached hydrogens (tertiary/aromatic N) is 1. The summed E-state index contributed by atoms with van der Waals surface area (Å²) in [4.78, 5) is 2.67. The van der Waals surface area contributed by atoms with E-state index in [2.05, 4.69) is 35.2 Å². The van der Waals surface area contributed by atoms with Crippen LogP contribution in [0.2, 0.25) is 0 Å². The second kappa shape index (κ2) is 4.79. The van der Waals surface area contributed by atoms with Crippen LogP contribution in [0.1, 0.15) is 37.7 Å². The molecule has 2 fully saturated rings. The first-order valence-corrected chi connectivity index (χ1v) is 6.90. The van der Waals surface area contributed by atoms with Crippen molar-refractivity contribution in [3.05, 3.63) is 35.9 Å². The predicted octanol–water partition coefficient (Wildman–Crippen LogP) is 2.53. The highest BCUT2D eigenvalue weighted by Gasteiger charge is 2.37. The van der Waals surface area contributed by atoms with Gasteiger partial charge in [0.15, 0.2) is 0 Å². The van der Waals surface area contributed by atoms with Crippen LogP contribution < -0.4 is 5.73 Å². The van der Waals surface area contributed by atoms with Crippen LogP contribution in [0.5, 0.6) is 0 Å². The predicted molar refractivity (Wildman–Crippen MR) is 70.6 cm³/mol. The maximum absolute atomic E-state index is 6.29. The van der Waals surface area contributed by atoms with E-state index < -0.39 is 0 Å². The molecule has 2 aliphatic rings. The Labute approximate surface area is 104 Å². The third-order valence-electron chi connectivity index (χ3n) is 4.47. The van der Waals surface area contributed by atoms with E-state index in [1.54, 1.807) is 0 Å². The van der Waals surface area contributed by atoms with Gasteiger partial charge in [-0.25, -0.2) is 0 Å². The SMILES string of the molecule is N[C@H]1CC[C@H]2CCC[C@H]1N2Cc1ccccc1. The second-order valence-corrected chi connectivity index (χ2v) is 5.55. The van der Waals surface area contributed by atoms with E-state index in [4.69, 9.17) is 5.73 Å². The zero-order valence-corrected chi connectivity index (χ0v) is 10.4. The molecule has 0 radical (unpaired) electrons. The van der Waals surface area contributed by atoms with Crippen molar-refractivity contribution >= 4 is 0 Å². The second-order valence-electron chi connectivity index (χ2n) is 5.55. The number of piperidine rings is 2. The zero-order chi connectivity index (χ0) is 11.7. The standard InChI is InChI=1S/C15H22N2/c16-14-10-9-13-7-4-8-15(14)17(13)11-12-5-2-1-3-6-12/h1-3,5-6,13-15H,4,7-11,16H2/t13-,14+,15-/m1/s1. The lowest BCUT2D eigenvalue weighted by atomic mass is 9.81. The number of hydrogen-bond donors (Lipinski definition) is 1. The van der Waals surface area contributed by atoms with Crippen molar-refractivity contribution in [2.24, 2.45) is 5.73 Å². The monoisotopic (exact) mass is 230 g/mol. The first kappa shape index (κ1) is 11.2. The summed E-state index contributed by atoms with van der Waals surface area (Å²) < 4.78 is 0. The Morgan fingerprint density at radius 2 is 1.88 bits per heavy atom. The Kier molecular flexibility index (Phi) is 3.17. The maximum Gasteiger partial charge on any atom is 0.0253 e. The molecule has 0 amide bonds. The summed E-state index contributed by atoms with van der Waals surface area (Å²) in [5.74, 6) is 0. The van der Waals surface area contributed by atoms with E-state index in [9.17, 15) is 0 Å². The molecule has 1 aromatic rings. The Hall–Kier alpha value is -0.860. The average molecular weight is 230 g/mol. The lowest BCUT2D eigenvalue weighted by Crippen LogP contribution is -2.58. The molecule has 0 unspecified atom stereocenters. The molecule has 2 heterocycles. The first-order valence-electron chi connectivity index (χ1n) is 6.90. The van der Waals surface area contributed by atoms with Crippen molar-refractivity contribution in [3.63, 3.8) is 0 Å². The zero-order valence-electron chi connectivity index (χ0n) is 10.4. The molecule has 0 aromatic heterocycles. The third kappa shape index (κ3) is 2.24. The molecular weight excluding hydrogens is 208 g/mol. The summed E-state index contributed by atoms with van der Waals surface area (Å²) in [5, 5.41) is 0. The highest BCUT2D eigenvalue weighted by Crippen LogP contribution is 2.34. The molecule has 17 heavy (non-hydrogen) atoms. The lowest BCUT2D eigenvalue weighted by molar-refractivity contribution is 0.0200. The average Bonchev–Trinajstić information content (AvgIpc) is 2.36. The number of benzene rings is 1. The fourth-order valence-corrected chi connectivity index (χ4v) is 3.55. The van der Waals surface area contributed by atoms with Crippen LogP contribution in [0, 0.1) is 0 Å². The van der Waals surface area contributed by atoms with Crippen molar-refractivity contribution in [2.75, 3.05) is 0 Å². The van der Waals surface area contributed by atoms with Gasteiger partial charge in [-0.1, -0.05) is 36.8 Å². The number of hydrogen-bond acceptors (Lipinski definition) is 2. The molecule has 0 spiro atoms. The Balaban J connectivity index is 1.77. The van der Waals surface area contributed by atoms with Crippen LogP contribution in [-0.4, -0.2) is 23.0 Å². The van der Waals surface area contributed by atoms with Gasteiger partial charge in [-0.05, 0) is 31.2 Å². The van der Waals surface area contributed by atoms with Gasteiger partial charge >= 0.3 is 0 Å². The van der Waals surface area contributed by atoms with Crippen molar-refractivity contribution in [1.82, 2.24) is 4.90 Å². The van der Waals surface area contributed by atoms with Gasteiger partial charge in [-0.15, -0.1) is 0 Å². The van der Waals surface area contributed by atoms with E-state index in [1.807, 2.05) is 0 Å². The van der Waals surface area contributed by atoms with Gasteiger partial charge in [0.25, 0.3) is 0 Å². The van der Waals surface area contributed by atoms with Gasteiger partial charge in [0, 0.05) is 24.7 Å². The van der Waals surface area contributed by atoms with Crippen LogP contribution in [0.15, 0.2) is 30.3 Å². The van der Waals surface area contributed by atoms with Crippen LogP contribution in [0.25, 0.3) is 0 Å². The summed E-state index contributed by atoms with van der Waals surface area (Å²) in [6.45, 7) is 1.09. The Morgan fingerprint density at radius 1 is 1.06 bits per heavy atom. The molecule has 2 aliphatic heterocycles. The van der Waals surface area contributed by atoms with Gasteiger partial charge < -0.3 is 5.73 Å². The van der Waals surface area contributed by atoms with Crippen molar-refractivity contribution in [2.45, 2.75) is 56.8 Å². The Morgan fingerprint density at radius 3 is 2.71 bits per heavy atom. The Bertz CT molecular complexity index is 362. The number of fused-ring (bicyclic) bond motifs is 2. The maximum atomic E-state index is 6.29. The molecule has 0 saturated carbocycles. The minimum absolute atomic E-state index is 0.398. The van der Waals surface area contributed by atoms with Gasteiger partial charge in [-0.3, -0.25) is 4.90 Å². The third-order valence-corrected chi connectivity index (χ3v) is 4.47. The van der Waals surface area contributed by atoms with Gasteiger partial charge in [0.2, 0.25) is 0 Å². The first-order chi connectivity index (χ1) is 8.34. The van der Waals surface area contributed by atoms with E-state index >= 15 is 0 Å². The number of rotatable bonds is 2. The van der Waals surface area contributed by atoms with Crippen LogP contribution in [0.4, 0.5) is 0 Å². The highest BCUT2D eigenvalue weighted by molar-refractivity contribution is 5.15. The summed E-state index contributed by atoms with van der Waals surface area (Å²) in [7, 11) is 0. The van der Waals surface area contributed by atoms with E-state index in [0.717, 1.165) is 12.6 Å². The largest absolute Gasteiger partial charge is 0.326 e. The van der Waals surface area contributed by atoms with Crippen LogP contribution in [-0.2, 0) is 6.54 Å². The van der Waals surface area contributed by atoms with Crippen LogP contribution in [0.3, 0.4) is 0 Å². The van der Waals surface area contributed by atoms with Gasteiger partial charge in [-0.2, -0.15) is 0 Å². The minimum atomic E-state index is 0.398. The fourth-order valence-electron chi connectivity index (χ4n) is 3.55. The van der Waals surface area contributed by atoms with Gasteiger partial charge in [0.1, 0.15) is 0 Å². The molecule has 92 valence electrons. The molecule has 2 N–H and O–H groups in total. The van der Waals surface area contributed by atoms with Crippen molar-refractivity contribution < 1.29 is 0 Å². The molecule has 1 aromatic carbocycles. The van der Waals surface area contributed by atoms with Crippen LogP contribution >= 0.6 is 0 Å². The summed E-state index contributed by atoms with van der Waals surface area (Å²) >= 11 is 0. The van der Waals surface area contributed by atoms with E-state index in [0.29, 0.717) is 12.1 Å². The van der Waals surface area contributed by atoms with Crippen molar-refractivity contribution in [1.29, 1.82) is 0 Å². The van der Waals surface area contributed by atoms with E-state index in [-0.39, 0.29) is 0 Å². The quantitative estimate of drug-likeness (QED) is 0.846. The molecule has 2 heteroatoms. The lowest BCUT2D eigenvalue weighted by Gasteiger charge is -2.49. The topological polar surface area (TPSA) is 29.3 Å². The van der Waals surface area contributed by atoms with Crippen molar-refractivity contribution in [3.8, 4) is 0 Å². The molecule has 2 bridgehead atoms. The smallest absolute Gasteiger partial charge is 0.0253 e. The highest BCUT2D eigenvalue weighted by atomic mass is 15.2. The molecule has 2 nitrogen and oxygen atoms in total. The summed E-state index contributed by atoms with van der Waals surface area (Å²) in [5.41, 5.74) is 7.72. The van der Waals surface area contributed by atoms with Gasteiger partial charge in [0.05, 0.1) is 0 Å². The molecular formula is C15H22N2. The summed E-state index contributed by atoms with van der Waals surface area (Å²) in [6, 6.07) is 12.6.